The van der Waals surface area contributed by atoms with Gasteiger partial charge in [-0.2, -0.15) is 4.68 Å². The minimum atomic E-state index is -0.405. The van der Waals surface area contributed by atoms with Crippen LogP contribution in [-0.4, -0.2) is 68.8 Å². The lowest BCUT2D eigenvalue weighted by molar-refractivity contribution is 0.105. The number of aryl methyl sites for hydroxylation is 1. The lowest BCUT2D eigenvalue weighted by atomic mass is 9.99. The van der Waals surface area contributed by atoms with Gasteiger partial charge in [-0.25, -0.2) is 0 Å². The summed E-state index contributed by atoms with van der Waals surface area (Å²) in [5.41, 5.74) is 1.91. The van der Waals surface area contributed by atoms with Gasteiger partial charge in [0.1, 0.15) is 11.4 Å². The van der Waals surface area contributed by atoms with Crippen LogP contribution in [-0.2, 0) is 0 Å². The van der Waals surface area contributed by atoms with Crippen molar-refractivity contribution in [1.29, 1.82) is 0 Å². The number of aromatic nitrogens is 4. The SMILES string of the molecule is COc1ccc(C)cc1-n1nnnc1SCC(O)CN1CCC(C)CC1. The Hall–Kier alpha value is -1.64. The molecule has 2 aromatic rings. The molecule has 1 N–H and O–H groups in total. The van der Waals surface area contributed by atoms with Crippen molar-refractivity contribution in [2.45, 2.75) is 37.9 Å². The zero-order valence-corrected chi connectivity index (χ0v) is 16.4. The van der Waals surface area contributed by atoms with E-state index in [2.05, 4.69) is 27.3 Å². The molecule has 0 amide bonds. The van der Waals surface area contributed by atoms with Crippen LogP contribution in [0, 0.1) is 12.8 Å². The molecule has 0 spiro atoms. The number of tetrazole rings is 1. The van der Waals surface area contributed by atoms with Crippen molar-refractivity contribution in [3.05, 3.63) is 23.8 Å². The zero-order chi connectivity index (χ0) is 18.5. The molecule has 0 radical (unpaired) electrons. The highest BCUT2D eigenvalue weighted by Crippen LogP contribution is 2.27. The van der Waals surface area contributed by atoms with E-state index in [1.807, 2.05) is 25.1 Å². The minimum absolute atomic E-state index is 0.405. The Morgan fingerprint density at radius 1 is 1.35 bits per heavy atom. The Morgan fingerprint density at radius 3 is 2.85 bits per heavy atom. The molecular formula is C18H27N5O2S. The van der Waals surface area contributed by atoms with Gasteiger partial charge < -0.3 is 14.7 Å². The van der Waals surface area contributed by atoms with Gasteiger partial charge in [0.15, 0.2) is 0 Å². The molecule has 1 fully saturated rings. The van der Waals surface area contributed by atoms with Crippen molar-refractivity contribution in [2.24, 2.45) is 5.92 Å². The fourth-order valence-corrected chi connectivity index (χ4v) is 3.95. The van der Waals surface area contributed by atoms with Crippen LogP contribution in [0.15, 0.2) is 23.4 Å². The highest BCUT2D eigenvalue weighted by atomic mass is 32.2. The molecule has 3 rings (SSSR count). The number of β-amino-alcohol motifs (C(OH)–C–C–N with tert-alkyl or cyclic N) is 1. The molecule has 0 aliphatic carbocycles. The summed E-state index contributed by atoms with van der Waals surface area (Å²) in [5, 5.41) is 23.1. The van der Waals surface area contributed by atoms with Crippen molar-refractivity contribution in [2.75, 3.05) is 32.5 Å². The van der Waals surface area contributed by atoms with Crippen LogP contribution < -0.4 is 4.74 Å². The summed E-state index contributed by atoms with van der Waals surface area (Å²) in [6, 6.07) is 5.89. The second kappa shape index (κ2) is 8.83. The van der Waals surface area contributed by atoms with Gasteiger partial charge in [0.25, 0.3) is 0 Å². The number of thioether (sulfide) groups is 1. The monoisotopic (exact) mass is 377 g/mol. The highest BCUT2D eigenvalue weighted by Gasteiger charge is 2.20. The number of piperidine rings is 1. The average molecular weight is 378 g/mol. The summed E-state index contributed by atoms with van der Waals surface area (Å²) in [6.45, 7) is 7.16. The van der Waals surface area contributed by atoms with Crippen LogP contribution in [0.2, 0.25) is 0 Å². The normalized spacial score (nSPS) is 17.4. The van der Waals surface area contributed by atoms with Crippen LogP contribution in [0.4, 0.5) is 0 Å². The molecule has 1 aliphatic rings. The van der Waals surface area contributed by atoms with Gasteiger partial charge in [-0.15, -0.1) is 5.10 Å². The maximum absolute atomic E-state index is 10.4. The molecular weight excluding hydrogens is 350 g/mol. The molecule has 1 unspecified atom stereocenters. The molecule has 8 heteroatoms. The number of benzene rings is 1. The predicted octanol–water partition coefficient (Wildman–Crippen LogP) is 2.16. The number of methoxy groups -OCH3 is 1. The lowest BCUT2D eigenvalue weighted by Crippen LogP contribution is -2.39. The first-order chi connectivity index (χ1) is 12.6. The van der Waals surface area contributed by atoms with E-state index in [1.165, 1.54) is 24.6 Å². The van der Waals surface area contributed by atoms with Crippen molar-refractivity contribution < 1.29 is 9.84 Å². The Balaban J connectivity index is 1.62. The molecule has 7 nitrogen and oxygen atoms in total. The van der Waals surface area contributed by atoms with Gasteiger partial charge >= 0.3 is 0 Å². The molecule has 1 aliphatic heterocycles. The van der Waals surface area contributed by atoms with E-state index in [1.54, 1.807) is 11.8 Å². The average Bonchev–Trinajstić information content (AvgIpc) is 3.10. The predicted molar refractivity (Wildman–Crippen MR) is 102 cm³/mol. The quantitative estimate of drug-likeness (QED) is 0.741. The standard InChI is InChI=1S/C18H27N5O2S/c1-13-6-8-22(9-7-13)11-15(24)12-26-18-19-20-21-23(18)16-10-14(2)4-5-17(16)25-3/h4-5,10,13,15,24H,6-9,11-12H2,1-3H3. The molecule has 1 aromatic heterocycles. The smallest absolute Gasteiger partial charge is 0.214 e. The van der Waals surface area contributed by atoms with E-state index in [0.717, 1.165) is 30.3 Å². The molecule has 2 heterocycles. The van der Waals surface area contributed by atoms with Gasteiger partial charge in [0.05, 0.1) is 13.2 Å². The van der Waals surface area contributed by atoms with E-state index in [9.17, 15) is 5.11 Å². The van der Waals surface area contributed by atoms with Crippen LogP contribution in [0.5, 0.6) is 5.75 Å². The third-order valence-electron chi connectivity index (χ3n) is 4.75. The third kappa shape index (κ3) is 4.75. The van der Waals surface area contributed by atoms with Crippen molar-refractivity contribution >= 4 is 11.8 Å². The molecule has 26 heavy (non-hydrogen) atoms. The highest BCUT2D eigenvalue weighted by molar-refractivity contribution is 7.99. The van der Waals surface area contributed by atoms with E-state index >= 15 is 0 Å². The summed E-state index contributed by atoms with van der Waals surface area (Å²) in [7, 11) is 1.63. The summed E-state index contributed by atoms with van der Waals surface area (Å²) in [6.07, 6.45) is 2.02. The largest absolute Gasteiger partial charge is 0.494 e. The molecule has 1 saturated heterocycles. The van der Waals surface area contributed by atoms with Gasteiger partial charge in [-0.1, -0.05) is 24.8 Å². The summed E-state index contributed by atoms with van der Waals surface area (Å²) in [4.78, 5) is 2.35. The number of hydrogen-bond donors (Lipinski definition) is 1. The fourth-order valence-electron chi connectivity index (χ4n) is 3.15. The van der Waals surface area contributed by atoms with Crippen LogP contribution >= 0.6 is 11.8 Å². The van der Waals surface area contributed by atoms with Crippen LogP contribution in [0.25, 0.3) is 5.69 Å². The molecule has 1 aromatic carbocycles. The Kier molecular flexibility index (Phi) is 6.50. The molecule has 0 bridgehead atoms. The number of aliphatic hydroxyl groups is 1. The molecule has 0 saturated carbocycles. The maximum Gasteiger partial charge on any atom is 0.214 e. The summed E-state index contributed by atoms with van der Waals surface area (Å²) < 4.78 is 7.10. The van der Waals surface area contributed by atoms with E-state index in [4.69, 9.17) is 4.74 Å². The van der Waals surface area contributed by atoms with Crippen molar-refractivity contribution in [3.8, 4) is 11.4 Å². The van der Waals surface area contributed by atoms with Crippen LogP contribution in [0.1, 0.15) is 25.3 Å². The van der Waals surface area contributed by atoms with Crippen molar-refractivity contribution in [1.82, 2.24) is 25.1 Å². The first kappa shape index (κ1) is 19.1. The second-order valence-corrected chi connectivity index (χ2v) is 7.98. The number of nitrogens with zero attached hydrogens (tertiary/aromatic N) is 5. The van der Waals surface area contributed by atoms with Gasteiger partial charge in [0, 0.05) is 12.3 Å². The number of hydrogen-bond acceptors (Lipinski definition) is 7. The van der Waals surface area contributed by atoms with Gasteiger partial charge in [-0.05, 0) is 66.9 Å². The van der Waals surface area contributed by atoms with E-state index < -0.39 is 6.10 Å². The Labute approximate surface area is 158 Å². The zero-order valence-electron chi connectivity index (χ0n) is 15.6. The maximum atomic E-state index is 10.4. The summed E-state index contributed by atoms with van der Waals surface area (Å²) in [5.74, 6) is 2.07. The topological polar surface area (TPSA) is 76.3 Å². The Morgan fingerprint density at radius 2 is 2.12 bits per heavy atom. The Bertz CT molecular complexity index is 715. The number of likely N-dealkylation sites (tertiary alicyclic amines) is 1. The lowest BCUT2D eigenvalue weighted by Gasteiger charge is -2.31. The summed E-state index contributed by atoms with van der Waals surface area (Å²) >= 11 is 1.47. The van der Waals surface area contributed by atoms with E-state index in [0.29, 0.717) is 23.2 Å². The number of ether oxygens (including phenoxy) is 1. The molecule has 142 valence electrons. The minimum Gasteiger partial charge on any atom is -0.494 e. The van der Waals surface area contributed by atoms with Crippen LogP contribution in [0.3, 0.4) is 0 Å². The first-order valence-electron chi connectivity index (χ1n) is 9.03. The second-order valence-electron chi connectivity index (χ2n) is 7.00. The van der Waals surface area contributed by atoms with E-state index in [-0.39, 0.29) is 0 Å². The first-order valence-corrected chi connectivity index (χ1v) is 10.0. The fraction of sp³-hybridized carbons (Fsp3) is 0.611. The molecule has 1 atom stereocenters. The number of rotatable bonds is 7. The van der Waals surface area contributed by atoms with Crippen molar-refractivity contribution in [3.63, 3.8) is 0 Å². The third-order valence-corrected chi connectivity index (χ3v) is 5.82. The van der Waals surface area contributed by atoms with Gasteiger partial charge in [-0.3, -0.25) is 0 Å². The number of aliphatic hydroxyl groups excluding tert-OH is 1. The van der Waals surface area contributed by atoms with Gasteiger partial charge in [0.2, 0.25) is 5.16 Å².